The molecule has 0 atom stereocenters. The van der Waals surface area contributed by atoms with Gasteiger partial charge in [-0.1, -0.05) is 11.6 Å². The monoisotopic (exact) mass is 185 g/mol. The average Bonchev–Trinajstić information content (AvgIpc) is 1.96. The van der Waals surface area contributed by atoms with Gasteiger partial charge in [-0.3, -0.25) is 4.79 Å². The van der Waals surface area contributed by atoms with Crippen LogP contribution in [0.4, 0.5) is 0 Å². The van der Waals surface area contributed by atoms with Crippen LogP contribution < -0.4 is 5.32 Å². The number of carbonyl (C=O) groups excluding carboxylic acids is 1. The molecule has 3 heteroatoms. The minimum Gasteiger partial charge on any atom is -0.462 e. The summed E-state index contributed by atoms with van der Waals surface area (Å²) in [4.78, 5) is 11.0. The van der Waals surface area contributed by atoms with Crippen LogP contribution in [-0.4, -0.2) is 25.2 Å². The van der Waals surface area contributed by atoms with E-state index in [2.05, 4.69) is 5.32 Å². The molecule has 3 nitrogen and oxygen atoms in total. The van der Waals surface area contributed by atoms with E-state index >= 15 is 0 Å². The molecule has 0 aliphatic carbocycles. The molecule has 1 N–H and O–H groups in total. The van der Waals surface area contributed by atoms with E-state index < -0.39 is 0 Å². The van der Waals surface area contributed by atoms with Crippen molar-refractivity contribution in [1.82, 2.24) is 5.32 Å². The molecule has 0 aromatic carbocycles. The molecule has 13 heavy (non-hydrogen) atoms. The Labute approximate surface area is 80.2 Å². The molecule has 0 aromatic rings. The average molecular weight is 185 g/mol. The van der Waals surface area contributed by atoms with Gasteiger partial charge in [-0.15, -0.1) is 0 Å². The summed E-state index contributed by atoms with van der Waals surface area (Å²) in [7, 11) is 0. The van der Waals surface area contributed by atoms with Crippen molar-refractivity contribution in [2.24, 2.45) is 0 Å². The van der Waals surface area contributed by atoms with Gasteiger partial charge in [0.1, 0.15) is 0 Å². The summed E-state index contributed by atoms with van der Waals surface area (Å²) in [6.07, 6.45) is 2.00. The summed E-state index contributed by atoms with van der Waals surface area (Å²) < 4.78 is 4.94. The van der Waals surface area contributed by atoms with Gasteiger partial charge in [0.25, 0.3) is 0 Å². The molecule has 0 heterocycles. The van der Waals surface area contributed by atoms with Gasteiger partial charge >= 0.3 is 5.97 Å². The highest BCUT2D eigenvalue weighted by atomic mass is 16.5. The Morgan fingerprint density at radius 2 is 2.08 bits per heavy atom. The number of ether oxygens (including phenoxy) is 1. The molecule has 0 amide bonds. The lowest BCUT2D eigenvalue weighted by atomic mass is 10.3. The molecule has 0 bridgehead atoms. The summed E-state index contributed by atoms with van der Waals surface area (Å²) >= 11 is 0. The first-order valence-corrected chi connectivity index (χ1v) is 4.56. The predicted molar refractivity (Wildman–Crippen MR) is 53.5 cm³/mol. The van der Waals surface area contributed by atoms with Gasteiger partial charge in [-0.25, -0.2) is 0 Å². The Hall–Kier alpha value is -0.830. The standard InChI is InChI=1S/C10H19NO2/c1-8(2)5-6-11-7-10(12)13-9(3)4/h5,9,11H,6-7H2,1-4H3. The minimum absolute atomic E-state index is 0.0299. The zero-order chi connectivity index (χ0) is 10.3. The lowest BCUT2D eigenvalue weighted by molar-refractivity contribution is -0.146. The van der Waals surface area contributed by atoms with Crippen LogP contribution in [0, 0.1) is 0 Å². The third-order valence-electron chi connectivity index (χ3n) is 1.29. The van der Waals surface area contributed by atoms with Crippen molar-refractivity contribution in [2.75, 3.05) is 13.1 Å². The van der Waals surface area contributed by atoms with E-state index in [4.69, 9.17) is 4.74 Å². The maximum absolute atomic E-state index is 11.0. The van der Waals surface area contributed by atoms with Crippen molar-refractivity contribution >= 4 is 5.97 Å². The number of hydrogen-bond donors (Lipinski definition) is 1. The molecule has 0 saturated heterocycles. The van der Waals surface area contributed by atoms with Crippen molar-refractivity contribution in [3.8, 4) is 0 Å². The third kappa shape index (κ3) is 9.08. The lowest BCUT2D eigenvalue weighted by Gasteiger charge is -2.07. The Bertz CT molecular complexity index is 181. The van der Waals surface area contributed by atoms with Crippen LogP contribution in [0.1, 0.15) is 27.7 Å². The fourth-order valence-corrected chi connectivity index (χ4v) is 0.755. The number of rotatable bonds is 5. The first kappa shape index (κ1) is 12.2. The van der Waals surface area contributed by atoms with Crippen LogP contribution in [0.3, 0.4) is 0 Å². The number of nitrogens with one attached hydrogen (secondary N) is 1. The topological polar surface area (TPSA) is 38.3 Å². The number of carbonyl (C=O) groups is 1. The van der Waals surface area contributed by atoms with Crippen LogP contribution in [0.25, 0.3) is 0 Å². The van der Waals surface area contributed by atoms with Crippen LogP contribution in [0.5, 0.6) is 0 Å². The molecular formula is C10H19NO2. The lowest BCUT2D eigenvalue weighted by Crippen LogP contribution is -2.26. The zero-order valence-electron chi connectivity index (χ0n) is 8.89. The Morgan fingerprint density at radius 1 is 1.46 bits per heavy atom. The highest BCUT2D eigenvalue weighted by Gasteiger charge is 2.02. The summed E-state index contributed by atoms with van der Waals surface area (Å²) in [6, 6.07) is 0. The van der Waals surface area contributed by atoms with Gasteiger partial charge in [0, 0.05) is 6.54 Å². The molecule has 0 aliphatic rings. The molecular weight excluding hydrogens is 166 g/mol. The van der Waals surface area contributed by atoms with Crippen molar-refractivity contribution in [3.63, 3.8) is 0 Å². The van der Waals surface area contributed by atoms with Gasteiger partial charge < -0.3 is 10.1 Å². The summed E-state index contributed by atoms with van der Waals surface area (Å²) in [6.45, 7) is 8.72. The fraction of sp³-hybridized carbons (Fsp3) is 0.700. The molecule has 0 rings (SSSR count). The normalized spacial score (nSPS) is 9.92. The zero-order valence-corrected chi connectivity index (χ0v) is 8.89. The van der Waals surface area contributed by atoms with E-state index in [1.165, 1.54) is 5.57 Å². The summed E-state index contributed by atoms with van der Waals surface area (Å²) in [5.74, 6) is -0.197. The molecule has 0 spiro atoms. The summed E-state index contributed by atoms with van der Waals surface area (Å²) in [5.41, 5.74) is 1.24. The first-order valence-electron chi connectivity index (χ1n) is 4.56. The largest absolute Gasteiger partial charge is 0.462 e. The second-order valence-electron chi connectivity index (χ2n) is 3.45. The number of esters is 1. The molecule has 76 valence electrons. The highest BCUT2D eigenvalue weighted by Crippen LogP contribution is 1.88. The molecule has 0 fully saturated rings. The Morgan fingerprint density at radius 3 is 2.54 bits per heavy atom. The van der Waals surface area contributed by atoms with Gasteiger partial charge in [0.15, 0.2) is 0 Å². The van der Waals surface area contributed by atoms with Crippen molar-refractivity contribution in [1.29, 1.82) is 0 Å². The second kappa shape index (κ2) is 6.66. The van der Waals surface area contributed by atoms with E-state index in [0.29, 0.717) is 0 Å². The van der Waals surface area contributed by atoms with E-state index in [-0.39, 0.29) is 18.6 Å². The van der Waals surface area contributed by atoms with Crippen LogP contribution in [0.15, 0.2) is 11.6 Å². The SMILES string of the molecule is CC(C)=CCNCC(=O)OC(C)C. The van der Waals surface area contributed by atoms with E-state index in [1.807, 2.05) is 33.8 Å². The van der Waals surface area contributed by atoms with Crippen molar-refractivity contribution in [2.45, 2.75) is 33.8 Å². The van der Waals surface area contributed by atoms with Crippen molar-refractivity contribution in [3.05, 3.63) is 11.6 Å². The fourth-order valence-electron chi connectivity index (χ4n) is 0.755. The molecule has 0 unspecified atom stereocenters. The van der Waals surface area contributed by atoms with Crippen LogP contribution in [0.2, 0.25) is 0 Å². The molecule has 0 aromatic heterocycles. The third-order valence-corrected chi connectivity index (χ3v) is 1.29. The molecule has 0 aliphatic heterocycles. The Balaban J connectivity index is 3.43. The summed E-state index contributed by atoms with van der Waals surface area (Å²) in [5, 5.41) is 2.97. The predicted octanol–water partition coefficient (Wildman–Crippen LogP) is 1.49. The second-order valence-corrected chi connectivity index (χ2v) is 3.45. The van der Waals surface area contributed by atoms with Crippen molar-refractivity contribution < 1.29 is 9.53 Å². The number of allylic oxidation sites excluding steroid dienone is 1. The van der Waals surface area contributed by atoms with E-state index in [9.17, 15) is 4.79 Å². The van der Waals surface area contributed by atoms with Gasteiger partial charge in [-0.05, 0) is 27.7 Å². The molecule has 0 saturated carbocycles. The Kier molecular flexibility index (Phi) is 6.24. The van der Waals surface area contributed by atoms with Gasteiger partial charge in [0.2, 0.25) is 0 Å². The maximum atomic E-state index is 11.0. The number of hydrogen-bond acceptors (Lipinski definition) is 3. The van der Waals surface area contributed by atoms with Gasteiger partial charge in [0.05, 0.1) is 12.6 Å². The maximum Gasteiger partial charge on any atom is 0.320 e. The van der Waals surface area contributed by atoms with Crippen LogP contribution >= 0.6 is 0 Å². The smallest absolute Gasteiger partial charge is 0.320 e. The minimum atomic E-state index is -0.197. The quantitative estimate of drug-likeness (QED) is 0.400. The first-order chi connectivity index (χ1) is 6.02. The van der Waals surface area contributed by atoms with Crippen LogP contribution in [-0.2, 0) is 9.53 Å². The highest BCUT2D eigenvalue weighted by molar-refractivity contribution is 5.71. The van der Waals surface area contributed by atoms with E-state index in [0.717, 1.165) is 6.54 Å². The van der Waals surface area contributed by atoms with E-state index in [1.54, 1.807) is 0 Å². The van der Waals surface area contributed by atoms with Gasteiger partial charge in [-0.2, -0.15) is 0 Å². The molecule has 0 radical (unpaired) electrons.